The summed E-state index contributed by atoms with van der Waals surface area (Å²) in [4.78, 5) is 23.7. The number of morpholine rings is 1. The van der Waals surface area contributed by atoms with E-state index in [-0.39, 0.29) is 12.3 Å². The van der Waals surface area contributed by atoms with Crippen molar-refractivity contribution >= 4 is 11.9 Å². The molecule has 0 aromatic heterocycles. The molecule has 0 aromatic carbocycles. The highest BCUT2D eigenvalue weighted by Crippen LogP contribution is 1.99. The lowest BCUT2D eigenvalue weighted by molar-refractivity contribution is -0.137. The number of ether oxygens (including phenoxy) is 1. The number of aliphatic carboxylic acids is 1. The van der Waals surface area contributed by atoms with Gasteiger partial charge in [0.2, 0.25) is 5.91 Å². The van der Waals surface area contributed by atoms with Crippen LogP contribution in [0, 0.1) is 0 Å². The van der Waals surface area contributed by atoms with Gasteiger partial charge in [0, 0.05) is 32.5 Å². The molecule has 6 heteroatoms. The van der Waals surface area contributed by atoms with Gasteiger partial charge in [-0.3, -0.25) is 9.59 Å². The van der Waals surface area contributed by atoms with E-state index in [0.29, 0.717) is 52.2 Å². The van der Waals surface area contributed by atoms with Gasteiger partial charge in [0.15, 0.2) is 0 Å². The predicted octanol–water partition coefficient (Wildman–Crippen LogP) is -0.310. The molecule has 0 spiro atoms. The van der Waals surface area contributed by atoms with E-state index < -0.39 is 5.97 Å². The Labute approximate surface area is 101 Å². The monoisotopic (exact) mass is 244 g/mol. The Morgan fingerprint density at radius 3 is 2.53 bits per heavy atom. The zero-order chi connectivity index (χ0) is 12.5. The summed E-state index contributed by atoms with van der Waals surface area (Å²) in [5.74, 6) is -0.643. The van der Waals surface area contributed by atoms with Crippen LogP contribution in [0.4, 0.5) is 0 Å². The number of nitrogens with zero attached hydrogens (tertiary/aromatic N) is 1. The fraction of sp³-hybridized carbons (Fsp3) is 0.818. The molecule has 1 heterocycles. The highest BCUT2D eigenvalue weighted by Gasteiger charge is 2.15. The summed E-state index contributed by atoms with van der Waals surface area (Å²) in [6, 6.07) is 0. The molecule has 17 heavy (non-hydrogen) atoms. The molecule has 0 aromatic rings. The second-order valence-electron chi connectivity index (χ2n) is 3.99. The minimum absolute atomic E-state index is 0.138. The summed E-state index contributed by atoms with van der Waals surface area (Å²) in [7, 11) is 0. The molecule has 0 atom stereocenters. The number of carboxylic acid groups (broad SMARTS) is 1. The van der Waals surface area contributed by atoms with Crippen molar-refractivity contribution in [1.29, 1.82) is 0 Å². The fourth-order valence-electron chi connectivity index (χ4n) is 1.66. The third-order valence-electron chi connectivity index (χ3n) is 2.62. The highest BCUT2D eigenvalue weighted by molar-refractivity contribution is 5.76. The fourth-order valence-corrected chi connectivity index (χ4v) is 1.66. The van der Waals surface area contributed by atoms with Gasteiger partial charge in [0.1, 0.15) is 0 Å². The Morgan fingerprint density at radius 2 is 1.88 bits per heavy atom. The van der Waals surface area contributed by atoms with E-state index in [4.69, 9.17) is 9.84 Å². The van der Waals surface area contributed by atoms with E-state index >= 15 is 0 Å². The number of carbonyl (C=O) groups is 2. The van der Waals surface area contributed by atoms with E-state index in [2.05, 4.69) is 5.32 Å². The van der Waals surface area contributed by atoms with Crippen LogP contribution in [0.5, 0.6) is 0 Å². The van der Waals surface area contributed by atoms with Gasteiger partial charge in [-0.2, -0.15) is 0 Å². The molecular formula is C11H20N2O4. The predicted molar refractivity (Wildman–Crippen MR) is 61.8 cm³/mol. The lowest BCUT2D eigenvalue weighted by Crippen LogP contribution is -2.41. The largest absolute Gasteiger partial charge is 0.481 e. The Bertz CT molecular complexity index is 252. The van der Waals surface area contributed by atoms with Gasteiger partial charge in [0.05, 0.1) is 13.2 Å². The second-order valence-corrected chi connectivity index (χ2v) is 3.99. The van der Waals surface area contributed by atoms with E-state index in [9.17, 15) is 9.59 Å². The summed E-state index contributed by atoms with van der Waals surface area (Å²) in [6.07, 6.45) is 1.23. The third kappa shape index (κ3) is 6.23. The number of nitrogens with one attached hydrogen (secondary N) is 1. The Balaban J connectivity index is 1.98. The molecule has 1 aliphatic heterocycles. The molecule has 1 rings (SSSR count). The molecule has 0 bridgehead atoms. The average molecular weight is 244 g/mol. The quantitative estimate of drug-likeness (QED) is 0.601. The van der Waals surface area contributed by atoms with Gasteiger partial charge in [-0.15, -0.1) is 0 Å². The normalized spacial score (nSPS) is 15.9. The lowest BCUT2D eigenvalue weighted by Gasteiger charge is -2.26. The van der Waals surface area contributed by atoms with Gasteiger partial charge in [0.25, 0.3) is 0 Å². The van der Waals surface area contributed by atoms with Crippen molar-refractivity contribution in [3.8, 4) is 0 Å². The topological polar surface area (TPSA) is 78.9 Å². The standard InChI is InChI=1S/C11H20N2O4/c14-10(13-6-8-17-9-7-13)3-5-12-4-1-2-11(15)16/h12H,1-9H2,(H,15,16). The second kappa shape index (κ2) is 8.03. The van der Waals surface area contributed by atoms with Crippen LogP contribution in [0.1, 0.15) is 19.3 Å². The van der Waals surface area contributed by atoms with E-state index in [1.807, 2.05) is 4.90 Å². The molecule has 2 N–H and O–H groups in total. The summed E-state index contributed by atoms with van der Waals surface area (Å²) in [5, 5.41) is 11.5. The Morgan fingerprint density at radius 1 is 1.18 bits per heavy atom. The molecule has 1 amide bonds. The number of carboxylic acids is 1. The number of hydrogen-bond acceptors (Lipinski definition) is 4. The molecule has 1 aliphatic rings. The SMILES string of the molecule is O=C(O)CCCNCCC(=O)N1CCOCC1. The first-order chi connectivity index (χ1) is 8.20. The zero-order valence-electron chi connectivity index (χ0n) is 9.98. The van der Waals surface area contributed by atoms with Crippen LogP contribution in [0.3, 0.4) is 0 Å². The summed E-state index contributed by atoms with van der Waals surface area (Å²) < 4.78 is 5.16. The first-order valence-electron chi connectivity index (χ1n) is 5.98. The van der Waals surface area contributed by atoms with Crippen molar-refractivity contribution < 1.29 is 19.4 Å². The molecule has 1 saturated heterocycles. The van der Waals surface area contributed by atoms with Crippen LogP contribution in [0.15, 0.2) is 0 Å². The van der Waals surface area contributed by atoms with Crippen molar-refractivity contribution in [3.63, 3.8) is 0 Å². The van der Waals surface area contributed by atoms with Crippen LogP contribution in [0.25, 0.3) is 0 Å². The number of amides is 1. The van der Waals surface area contributed by atoms with Gasteiger partial charge >= 0.3 is 5.97 Å². The maximum atomic E-state index is 11.7. The molecule has 1 fully saturated rings. The molecule has 0 aliphatic carbocycles. The number of rotatable bonds is 7. The van der Waals surface area contributed by atoms with Crippen LogP contribution < -0.4 is 5.32 Å². The zero-order valence-corrected chi connectivity index (χ0v) is 9.98. The minimum Gasteiger partial charge on any atom is -0.481 e. The van der Waals surface area contributed by atoms with Crippen LogP contribution in [-0.2, 0) is 14.3 Å². The van der Waals surface area contributed by atoms with Crippen molar-refractivity contribution in [2.75, 3.05) is 39.4 Å². The highest BCUT2D eigenvalue weighted by atomic mass is 16.5. The molecule has 0 radical (unpaired) electrons. The van der Waals surface area contributed by atoms with Crippen LogP contribution in [-0.4, -0.2) is 61.3 Å². The molecule has 98 valence electrons. The van der Waals surface area contributed by atoms with Crippen molar-refractivity contribution in [1.82, 2.24) is 10.2 Å². The number of hydrogen-bond donors (Lipinski definition) is 2. The number of carbonyl (C=O) groups excluding carboxylic acids is 1. The Kier molecular flexibility index (Phi) is 6.57. The maximum Gasteiger partial charge on any atom is 0.303 e. The molecular weight excluding hydrogens is 224 g/mol. The summed E-state index contributed by atoms with van der Waals surface area (Å²) >= 11 is 0. The van der Waals surface area contributed by atoms with Gasteiger partial charge in [-0.25, -0.2) is 0 Å². The molecule has 0 unspecified atom stereocenters. The minimum atomic E-state index is -0.781. The van der Waals surface area contributed by atoms with Gasteiger partial charge in [-0.1, -0.05) is 0 Å². The first-order valence-corrected chi connectivity index (χ1v) is 5.98. The van der Waals surface area contributed by atoms with Crippen molar-refractivity contribution in [2.45, 2.75) is 19.3 Å². The summed E-state index contributed by atoms with van der Waals surface area (Å²) in [6.45, 7) is 3.85. The molecule has 6 nitrogen and oxygen atoms in total. The van der Waals surface area contributed by atoms with Gasteiger partial charge < -0.3 is 20.1 Å². The van der Waals surface area contributed by atoms with Crippen LogP contribution >= 0.6 is 0 Å². The average Bonchev–Trinajstić information content (AvgIpc) is 2.34. The molecule has 0 saturated carbocycles. The van der Waals surface area contributed by atoms with Crippen molar-refractivity contribution in [3.05, 3.63) is 0 Å². The van der Waals surface area contributed by atoms with E-state index in [1.54, 1.807) is 0 Å². The Hall–Kier alpha value is -1.14. The maximum absolute atomic E-state index is 11.7. The van der Waals surface area contributed by atoms with Gasteiger partial charge in [-0.05, 0) is 13.0 Å². The van der Waals surface area contributed by atoms with Crippen LogP contribution in [0.2, 0.25) is 0 Å². The summed E-state index contributed by atoms with van der Waals surface area (Å²) in [5.41, 5.74) is 0. The smallest absolute Gasteiger partial charge is 0.303 e. The van der Waals surface area contributed by atoms with Crippen molar-refractivity contribution in [2.24, 2.45) is 0 Å². The third-order valence-corrected chi connectivity index (χ3v) is 2.62. The lowest BCUT2D eigenvalue weighted by atomic mass is 10.3. The first kappa shape index (κ1) is 13.9. The van der Waals surface area contributed by atoms with E-state index in [1.165, 1.54) is 0 Å². The van der Waals surface area contributed by atoms with E-state index in [0.717, 1.165) is 0 Å².